The summed E-state index contributed by atoms with van der Waals surface area (Å²) in [4.78, 5) is 27.4. The van der Waals surface area contributed by atoms with Gasteiger partial charge in [-0.15, -0.1) is 0 Å². The van der Waals surface area contributed by atoms with Crippen LogP contribution in [0, 0.1) is 6.92 Å². The van der Waals surface area contributed by atoms with E-state index in [0.29, 0.717) is 17.4 Å². The minimum atomic E-state index is -0.556. The molecule has 0 bridgehead atoms. The van der Waals surface area contributed by atoms with E-state index in [4.69, 9.17) is 17.0 Å². The van der Waals surface area contributed by atoms with Gasteiger partial charge in [0.25, 0.3) is 5.56 Å². The molecule has 138 valence electrons. The van der Waals surface area contributed by atoms with Crippen LogP contribution in [0.1, 0.15) is 30.7 Å². The summed E-state index contributed by atoms with van der Waals surface area (Å²) < 4.78 is 5.59. The first-order valence-corrected chi connectivity index (χ1v) is 8.41. The maximum Gasteiger partial charge on any atom is 0.325 e. The van der Waals surface area contributed by atoms with Gasteiger partial charge in [-0.25, -0.2) is 4.79 Å². The van der Waals surface area contributed by atoms with E-state index < -0.39 is 11.2 Å². The third kappa shape index (κ3) is 5.85. The lowest BCUT2D eigenvalue weighted by Gasteiger charge is -2.11. The van der Waals surface area contributed by atoms with Gasteiger partial charge in [0.15, 0.2) is 5.11 Å². The van der Waals surface area contributed by atoms with Gasteiger partial charge in [0.05, 0.1) is 17.9 Å². The van der Waals surface area contributed by atoms with Crippen molar-refractivity contribution in [1.82, 2.24) is 20.7 Å². The van der Waals surface area contributed by atoms with Crippen molar-refractivity contribution < 1.29 is 4.74 Å². The molecule has 2 aromatic rings. The highest BCUT2D eigenvalue weighted by Crippen LogP contribution is 2.13. The highest BCUT2D eigenvalue weighted by molar-refractivity contribution is 7.80. The first kappa shape index (κ1) is 19.4. The van der Waals surface area contributed by atoms with E-state index in [0.717, 1.165) is 11.3 Å². The number of aromatic nitrogens is 2. The fourth-order valence-electron chi connectivity index (χ4n) is 2.10. The molecule has 0 atom stereocenters. The highest BCUT2D eigenvalue weighted by atomic mass is 32.1. The molecule has 1 aromatic carbocycles. The molecule has 1 heterocycles. The van der Waals surface area contributed by atoms with Crippen LogP contribution in [0.25, 0.3) is 0 Å². The average Bonchev–Trinajstić information content (AvgIpc) is 2.56. The third-order valence-corrected chi connectivity index (χ3v) is 3.52. The zero-order valence-electron chi connectivity index (χ0n) is 14.8. The molecule has 26 heavy (non-hydrogen) atoms. The number of aryl methyl sites for hydroxylation is 1. The van der Waals surface area contributed by atoms with Crippen LogP contribution in [0.15, 0.2) is 39.0 Å². The molecular weight excluding hydrogens is 354 g/mol. The fraction of sp³-hybridized carbons (Fsp3) is 0.294. The summed E-state index contributed by atoms with van der Waals surface area (Å²) in [6.45, 7) is 6.08. The number of hydrogen-bond donors (Lipinski definition) is 4. The van der Waals surface area contributed by atoms with Crippen LogP contribution < -0.4 is 26.7 Å². The lowest BCUT2D eigenvalue weighted by molar-refractivity contribution is 0.242. The van der Waals surface area contributed by atoms with Gasteiger partial charge < -0.3 is 15.0 Å². The molecule has 0 saturated heterocycles. The molecule has 0 spiro atoms. The molecular formula is C17H21N5O3S. The van der Waals surface area contributed by atoms with Gasteiger partial charge in [-0.1, -0.05) is 12.1 Å². The van der Waals surface area contributed by atoms with E-state index >= 15 is 0 Å². The Morgan fingerprint density at radius 2 is 1.96 bits per heavy atom. The van der Waals surface area contributed by atoms with E-state index in [1.54, 1.807) is 6.92 Å². The summed E-state index contributed by atoms with van der Waals surface area (Å²) >= 11 is 5.13. The quantitative estimate of drug-likeness (QED) is 0.342. The third-order valence-electron chi connectivity index (χ3n) is 3.28. The number of aromatic amines is 2. The van der Waals surface area contributed by atoms with Gasteiger partial charge in [0.1, 0.15) is 5.75 Å². The number of benzene rings is 1. The van der Waals surface area contributed by atoms with Crippen molar-refractivity contribution >= 4 is 23.5 Å². The van der Waals surface area contributed by atoms with Gasteiger partial charge in [-0.2, -0.15) is 5.10 Å². The summed E-state index contributed by atoms with van der Waals surface area (Å²) in [5.41, 5.74) is 3.26. The first-order chi connectivity index (χ1) is 12.3. The Balaban J connectivity index is 1.86. The predicted octanol–water partition coefficient (Wildman–Crippen LogP) is 1.16. The van der Waals surface area contributed by atoms with E-state index in [2.05, 4.69) is 25.8 Å². The Labute approximate surface area is 155 Å². The number of nitrogens with zero attached hydrogens (tertiary/aromatic N) is 1. The monoisotopic (exact) mass is 375 g/mol. The molecule has 0 unspecified atom stereocenters. The van der Waals surface area contributed by atoms with Gasteiger partial charge in [0.2, 0.25) is 0 Å². The Morgan fingerprint density at radius 3 is 2.58 bits per heavy atom. The molecule has 4 N–H and O–H groups in total. The van der Waals surface area contributed by atoms with Gasteiger partial charge in [0, 0.05) is 12.2 Å². The van der Waals surface area contributed by atoms with Crippen molar-refractivity contribution in [3.8, 4) is 5.75 Å². The maximum absolute atomic E-state index is 11.7. The van der Waals surface area contributed by atoms with Crippen LogP contribution in [0.4, 0.5) is 0 Å². The maximum atomic E-state index is 11.7. The number of rotatable bonds is 6. The van der Waals surface area contributed by atoms with Gasteiger partial charge >= 0.3 is 5.69 Å². The second-order valence-corrected chi connectivity index (χ2v) is 6.22. The summed E-state index contributed by atoms with van der Waals surface area (Å²) in [6.07, 6.45) is 1.43. The van der Waals surface area contributed by atoms with Crippen molar-refractivity contribution in [2.75, 3.05) is 0 Å². The molecule has 0 radical (unpaired) electrons. The minimum Gasteiger partial charge on any atom is -0.491 e. The molecule has 0 aliphatic carbocycles. The smallest absolute Gasteiger partial charge is 0.325 e. The van der Waals surface area contributed by atoms with Crippen LogP contribution in [-0.4, -0.2) is 27.4 Å². The van der Waals surface area contributed by atoms with Crippen molar-refractivity contribution in [2.45, 2.75) is 33.4 Å². The summed E-state index contributed by atoms with van der Waals surface area (Å²) in [7, 11) is 0. The van der Waals surface area contributed by atoms with Crippen LogP contribution >= 0.6 is 12.2 Å². The largest absolute Gasteiger partial charge is 0.491 e. The predicted molar refractivity (Wildman–Crippen MR) is 105 cm³/mol. The van der Waals surface area contributed by atoms with Crippen molar-refractivity contribution in [3.63, 3.8) is 0 Å². The van der Waals surface area contributed by atoms with E-state index in [1.807, 2.05) is 38.1 Å². The second kappa shape index (κ2) is 8.95. The van der Waals surface area contributed by atoms with E-state index in [1.165, 1.54) is 6.21 Å². The van der Waals surface area contributed by atoms with Gasteiger partial charge in [-0.3, -0.25) is 15.2 Å². The zero-order chi connectivity index (χ0) is 19.1. The summed E-state index contributed by atoms with van der Waals surface area (Å²) in [5.74, 6) is 0.815. The Hall–Kier alpha value is -2.94. The normalized spacial score (nSPS) is 10.9. The fourth-order valence-corrected chi connectivity index (χ4v) is 2.23. The van der Waals surface area contributed by atoms with Crippen LogP contribution in [0.5, 0.6) is 5.75 Å². The molecule has 0 amide bonds. The first-order valence-electron chi connectivity index (χ1n) is 8.01. The average molecular weight is 375 g/mol. The summed E-state index contributed by atoms with van der Waals surface area (Å²) in [5, 5.41) is 7.22. The minimum absolute atomic E-state index is 0.131. The standard InChI is InChI=1S/C17H21N5O3S/c1-10(2)25-13-6-4-12(5-7-13)8-18-17(26)22-19-9-14-11(3)20-16(24)21-15(14)23/h4-7,9-10H,8H2,1-3H3,(H2,18,22,26)(H2,20,21,23,24). The molecule has 2 rings (SSSR count). The number of thiocarbonyl (C=S) groups is 1. The van der Waals surface area contributed by atoms with Crippen molar-refractivity contribution in [1.29, 1.82) is 0 Å². The topological polar surface area (TPSA) is 111 Å². The van der Waals surface area contributed by atoms with Crippen LogP contribution in [0.2, 0.25) is 0 Å². The SMILES string of the molecule is Cc1[nH]c(=O)[nH]c(=O)c1C=NNC(=S)NCc1ccc(OC(C)C)cc1. The Kier molecular flexibility index (Phi) is 6.67. The Morgan fingerprint density at radius 1 is 1.27 bits per heavy atom. The molecule has 9 heteroatoms. The number of hydrazone groups is 1. The lowest BCUT2D eigenvalue weighted by Crippen LogP contribution is -2.32. The van der Waals surface area contributed by atoms with Crippen molar-refractivity contribution in [2.24, 2.45) is 5.10 Å². The lowest BCUT2D eigenvalue weighted by atomic mass is 10.2. The summed E-state index contributed by atoms with van der Waals surface area (Å²) in [6, 6.07) is 7.69. The molecule has 0 aliphatic rings. The highest BCUT2D eigenvalue weighted by Gasteiger charge is 2.03. The number of hydrogen-bond acceptors (Lipinski definition) is 5. The molecule has 0 aliphatic heterocycles. The van der Waals surface area contributed by atoms with Crippen molar-refractivity contribution in [3.05, 3.63) is 61.9 Å². The number of H-pyrrole nitrogens is 2. The van der Waals surface area contributed by atoms with Crippen LogP contribution in [0.3, 0.4) is 0 Å². The number of ether oxygens (including phenoxy) is 1. The molecule has 0 fully saturated rings. The van der Waals surface area contributed by atoms with E-state index in [-0.39, 0.29) is 11.7 Å². The van der Waals surface area contributed by atoms with Crippen LogP contribution in [-0.2, 0) is 6.54 Å². The Bertz CT molecular complexity index is 900. The number of nitrogens with one attached hydrogen (secondary N) is 4. The molecule has 1 aromatic heterocycles. The second-order valence-electron chi connectivity index (χ2n) is 5.81. The zero-order valence-corrected chi connectivity index (χ0v) is 15.6. The van der Waals surface area contributed by atoms with E-state index in [9.17, 15) is 9.59 Å². The van der Waals surface area contributed by atoms with Gasteiger partial charge in [-0.05, 0) is 50.7 Å². The molecule has 0 saturated carbocycles. The molecule has 8 nitrogen and oxygen atoms in total.